The van der Waals surface area contributed by atoms with Gasteiger partial charge in [0.05, 0.1) is 0 Å². The van der Waals surface area contributed by atoms with Gasteiger partial charge in [0.1, 0.15) is 6.04 Å². The Morgan fingerprint density at radius 3 is 1.83 bits per heavy atom. The van der Waals surface area contributed by atoms with E-state index in [1.165, 1.54) is 0 Å². The fraction of sp³-hybridized carbons (Fsp3) is 0.929. The van der Waals surface area contributed by atoms with Crippen LogP contribution < -0.4 is 0 Å². The summed E-state index contributed by atoms with van der Waals surface area (Å²) in [5.74, 6) is 0. The van der Waals surface area contributed by atoms with Gasteiger partial charge in [-0.1, -0.05) is 53.5 Å². The predicted octanol–water partition coefficient (Wildman–Crippen LogP) is 4.12. The van der Waals surface area contributed by atoms with Gasteiger partial charge in [0.25, 0.3) is 0 Å². The van der Waals surface area contributed by atoms with Crippen LogP contribution in [-0.4, -0.2) is 38.7 Å². The maximum absolute atomic E-state index is 2.55. The largest absolute Gasteiger partial charge is 0.229 e. The molecule has 2 nitrogen and oxygen atoms in total. The fourth-order valence-corrected chi connectivity index (χ4v) is 4.87. The quantitative estimate of drug-likeness (QED) is 0.557. The van der Waals surface area contributed by atoms with Crippen molar-refractivity contribution in [2.24, 2.45) is 10.8 Å². The van der Waals surface area contributed by atoms with Crippen molar-refractivity contribution < 1.29 is 3.98 Å². The zero-order valence-electron chi connectivity index (χ0n) is 13.4. The Balaban J connectivity index is 3.38. The second-order valence-corrected chi connectivity index (χ2v) is 8.63. The molecule has 0 spiro atoms. The van der Waals surface area contributed by atoms with Gasteiger partial charge in [-0.2, -0.15) is 4.31 Å². The highest BCUT2D eigenvalue weighted by molar-refractivity contribution is 7.96. The van der Waals surface area contributed by atoms with Crippen LogP contribution in [-0.2, 0) is 0 Å². The van der Waals surface area contributed by atoms with Crippen LogP contribution in [0.4, 0.5) is 0 Å². The summed E-state index contributed by atoms with van der Waals surface area (Å²) >= 11 is 3.73. The van der Waals surface area contributed by atoms with Gasteiger partial charge in [0.15, 0.2) is 17.7 Å². The lowest BCUT2D eigenvalue weighted by Gasteiger charge is -2.34. The Kier molecular flexibility index (Phi) is 4.89. The number of hydrogen-bond donors (Lipinski definition) is 0. The van der Waals surface area contributed by atoms with Crippen molar-refractivity contribution in [2.45, 2.75) is 60.7 Å². The second-order valence-electron chi connectivity index (χ2n) is 7.09. The van der Waals surface area contributed by atoms with Crippen LogP contribution in [0.1, 0.15) is 48.5 Å². The zero-order chi connectivity index (χ0) is 14.3. The molecule has 0 aromatic carbocycles. The molecule has 106 valence electrons. The smallest absolute Gasteiger partial charge is 0.176 e. The standard InChI is InChI=1S/C14H29N2S2/c1-10-15(17-8)11(13(2,3)4)12(14(5,6)7)16(10)18-9/h10-11H,1-9H3/q+1. The van der Waals surface area contributed by atoms with Gasteiger partial charge in [-0.15, -0.1) is 3.98 Å². The maximum Gasteiger partial charge on any atom is 0.229 e. The fourth-order valence-electron chi connectivity index (χ4n) is 2.80. The van der Waals surface area contributed by atoms with Crippen molar-refractivity contribution in [3.8, 4) is 0 Å². The van der Waals surface area contributed by atoms with E-state index in [2.05, 4.69) is 69.3 Å². The summed E-state index contributed by atoms with van der Waals surface area (Å²) in [7, 11) is 0. The summed E-state index contributed by atoms with van der Waals surface area (Å²) in [4.78, 5) is 0. The van der Waals surface area contributed by atoms with Gasteiger partial charge < -0.3 is 0 Å². The van der Waals surface area contributed by atoms with E-state index in [1.807, 2.05) is 23.9 Å². The van der Waals surface area contributed by atoms with Gasteiger partial charge in [-0.05, 0) is 11.7 Å². The van der Waals surface area contributed by atoms with E-state index in [0.717, 1.165) is 0 Å². The molecule has 0 aromatic rings. The van der Waals surface area contributed by atoms with E-state index in [4.69, 9.17) is 0 Å². The highest BCUT2D eigenvalue weighted by Gasteiger charge is 2.54. The Morgan fingerprint density at radius 1 is 1.06 bits per heavy atom. The molecule has 1 rings (SSSR count). The average Bonchev–Trinajstić information content (AvgIpc) is 2.49. The van der Waals surface area contributed by atoms with E-state index in [-0.39, 0.29) is 10.8 Å². The van der Waals surface area contributed by atoms with Crippen LogP contribution in [0.2, 0.25) is 0 Å². The molecule has 0 saturated heterocycles. The molecule has 0 bridgehead atoms. The third kappa shape index (κ3) is 2.91. The molecular formula is C14H29N2S2+. The monoisotopic (exact) mass is 289 g/mol. The molecule has 0 aromatic heterocycles. The van der Waals surface area contributed by atoms with E-state index in [1.54, 1.807) is 5.71 Å². The van der Waals surface area contributed by atoms with Gasteiger partial charge in [-0.3, -0.25) is 0 Å². The van der Waals surface area contributed by atoms with Crippen LogP contribution in [0.25, 0.3) is 0 Å². The molecule has 1 aliphatic heterocycles. The van der Waals surface area contributed by atoms with Gasteiger partial charge in [0, 0.05) is 18.6 Å². The van der Waals surface area contributed by atoms with Crippen LogP contribution in [0.15, 0.2) is 0 Å². The van der Waals surface area contributed by atoms with Crippen molar-refractivity contribution in [1.29, 1.82) is 0 Å². The first-order valence-electron chi connectivity index (χ1n) is 6.58. The van der Waals surface area contributed by atoms with Crippen molar-refractivity contribution in [3.63, 3.8) is 0 Å². The van der Waals surface area contributed by atoms with Crippen LogP contribution >= 0.6 is 23.9 Å². The molecule has 18 heavy (non-hydrogen) atoms. The van der Waals surface area contributed by atoms with Crippen molar-refractivity contribution in [2.75, 3.05) is 12.5 Å². The van der Waals surface area contributed by atoms with Crippen molar-refractivity contribution in [3.05, 3.63) is 0 Å². The first-order valence-corrected chi connectivity index (χ1v) is 8.95. The Bertz CT molecular complexity index is 337. The lowest BCUT2D eigenvalue weighted by atomic mass is 9.75. The highest BCUT2D eigenvalue weighted by atomic mass is 32.2. The lowest BCUT2D eigenvalue weighted by Crippen LogP contribution is -2.47. The average molecular weight is 290 g/mol. The Labute approximate surface area is 122 Å². The van der Waals surface area contributed by atoms with Gasteiger partial charge in [0.2, 0.25) is 6.17 Å². The second kappa shape index (κ2) is 5.37. The minimum absolute atomic E-state index is 0.208. The topological polar surface area (TPSA) is 6.25 Å². The number of nitrogens with zero attached hydrogens (tertiary/aromatic N) is 2. The molecule has 0 radical (unpaired) electrons. The molecule has 0 saturated carbocycles. The molecule has 0 amide bonds. The summed E-state index contributed by atoms with van der Waals surface area (Å²) in [5, 5.41) is 0. The SMILES string of the molecule is CSN1C(C)[N+](SC)=C(C(C)(C)C)C1C(C)(C)C. The molecule has 4 heteroatoms. The van der Waals surface area contributed by atoms with E-state index >= 15 is 0 Å². The molecule has 1 heterocycles. The van der Waals surface area contributed by atoms with Crippen molar-refractivity contribution in [1.82, 2.24) is 4.31 Å². The minimum Gasteiger partial charge on any atom is -0.176 e. The van der Waals surface area contributed by atoms with E-state index < -0.39 is 0 Å². The van der Waals surface area contributed by atoms with Crippen LogP contribution in [0.3, 0.4) is 0 Å². The highest BCUT2D eigenvalue weighted by Crippen LogP contribution is 2.41. The normalized spacial score (nSPS) is 27.2. The maximum atomic E-state index is 2.55. The van der Waals surface area contributed by atoms with Gasteiger partial charge >= 0.3 is 0 Å². The number of hydrogen-bond acceptors (Lipinski definition) is 3. The van der Waals surface area contributed by atoms with E-state index in [9.17, 15) is 0 Å². The molecule has 0 fully saturated rings. The van der Waals surface area contributed by atoms with Gasteiger partial charge in [-0.25, -0.2) is 0 Å². The summed E-state index contributed by atoms with van der Waals surface area (Å²) in [6.45, 7) is 16.4. The number of rotatable bonds is 2. The van der Waals surface area contributed by atoms with E-state index in [0.29, 0.717) is 12.2 Å². The van der Waals surface area contributed by atoms with Crippen LogP contribution in [0.5, 0.6) is 0 Å². The molecular weight excluding hydrogens is 260 g/mol. The van der Waals surface area contributed by atoms with Crippen molar-refractivity contribution >= 4 is 29.6 Å². The Morgan fingerprint density at radius 2 is 1.56 bits per heavy atom. The first-order chi connectivity index (χ1) is 8.05. The molecule has 2 unspecified atom stereocenters. The third-order valence-electron chi connectivity index (χ3n) is 3.45. The first kappa shape index (κ1) is 16.4. The predicted molar refractivity (Wildman–Crippen MR) is 86.3 cm³/mol. The lowest BCUT2D eigenvalue weighted by molar-refractivity contribution is -0.405. The molecule has 0 aliphatic carbocycles. The molecule has 2 atom stereocenters. The minimum atomic E-state index is 0.208. The summed E-state index contributed by atoms with van der Waals surface area (Å²) < 4.78 is 5.06. The zero-order valence-corrected chi connectivity index (χ0v) is 15.0. The Hall–Kier alpha value is 0.330. The third-order valence-corrected chi connectivity index (χ3v) is 5.29. The summed E-state index contributed by atoms with van der Waals surface area (Å²) in [6, 6.07) is 0.495. The molecule has 0 N–H and O–H groups in total. The summed E-state index contributed by atoms with van der Waals surface area (Å²) in [6.07, 6.45) is 4.83. The van der Waals surface area contributed by atoms with Crippen LogP contribution in [0, 0.1) is 10.8 Å². The summed E-state index contributed by atoms with van der Waals surface area (Å²) in [5.41, 5.74) is 2.02. The molecule has 1 aliphatic rings.